The Kier molecular flexibility index (Phi) is 12.6. The summed E-state index contributed by atoms with van der Waals surface area (Å²) in [4.78, 5) is 2.29. The molecule has 1 aromatic carbocycles. The SMILES string of the molecule is CC.CN1CCC(Nc2cccc3c2cc(C#CCNC2CCOCC2)n3CC(F)(F)F)CC1.CO. The lowest BCUT2D eigenvalue weighted by molar-refractivity contribution is -0.140. The van der Waals surface area contributed by atoms with Crippen LogP contribution in [0.2, 0.25) is 0 Å². The zero-order chi connectivity index (χ0) is 26.6. The molecule has 0 unspecified atom stereocenters. The van der Waals surface area contributed by atoms with Crippen molar-refractivity contribution in [3.63, 3.8) is 0 Å². The van der Waals surface area contributed by atoms with Crippen LogP contribution in [0, 0.1) is 11.8 Å². The molecule has 36 heavy (non-hydrogen) atoms. The molecular weight excluding hydrogens is 469 g/mol. The first-order valence-corrected chi connectivity index (χ1v) is 12.8. The number of hydrogen-bond acceptors (Lipinski definition) is 5. The molecule has 0 radical (unpaired) electrons. The predicted octanol–water partition coefficient (Wildman–Crippen LogP) is 4.46. The number of aliphatic hydroxyl groups excluding tert-OH is 1. The summed E-state index contributed by atoms with van der Waals surface area (Å²) in [6.07, 6.45) is -0.425. The first-order chi connectivity index (χ1) is 17.4. The third kappa shape index (κ3) is 9.00. The molecule has 3 N–H and O–H groups in total. The van der Waals surface area contributed by atoms with Crippen LogP contribution >= 0.6 is 0 Å². The van der Waals surface area contributed by atoms with Crippen molar-refractivity contribution in [3.8, 4) is 11.8 Å². The number of fused-ring (bicyclic) bond motifs is 1. The molecule has 0 aliphatic carbocycles. The van der Waals surface area contributed by atoms with E-state index in [0.717, 1.165) is 70.2 Å². The molecule has 2 saturated heterocycles. The van der Waals surface area contributed by atoms with Gasteiger partial charge in [-0.3, -0.25) is 0 Å². The van der Waals surface area contributed by atoms with Gasteiger partial charge in [0.2, 0.25) is 0 Å². The lowest BCUT2D eigenvalue weighted by atomic mass is 10.0. The van der Waals surface area contributed by atoms with E-state index in [2.05, 4.69) is 34.4 Å². The minimum atomic E-state index is -4.32. The number of benzene rings is 1. The van der Waals surface area contributed by atoms with Crippen LogP contribution in [0.5, 0.6) is 0 Å². The first kappa shape index (κ1) is 30.0. The number of anilines is 1. The normalized spacial score (nSPS) is 17.3. The minimum absolute atomic E-state index is 0.320. The fraction of sp³-hybridized carbons (Fsp3) is 0.630. The molecule has 2 aliphatic rings. The van der Waals surface area contributed by atoms with Crippen molar-refractivity contribution in [2.75, 3.05) is 52.3 Å². The molecule has 2 aromatic rings. The molecule has 2 aliphatic heterocycles. The van der Waals surface area contributed by atoms with Gasteiger partial charge in [0, 0.05) is 43.5 Å². The van der Waals surface area contributed by atoms with Gasteiger partial charge in [-0.05, 0) is 69.9 Å². The average Bonchev–Trinajstić information content (AvgIpc) is 3.23. The zero-order valence-corrected chi connectivity index (χ0v) is 21.9. The molecular formula is C27H41F3N4O2. The van der Waals surface area contributed by atoms with Crippen LogP contribution in [0.3, 0.4) is 0 Å². The van der Waals surface area contributed by atoms with E-state index in [1.807, 2.05) is 26.0 Å². The number of aliphatic hydroxyl groups is 1. The lowest BCUT2D eigenvalue weighted by Crippen LogP contribution is -2.36. The molecule has 1 aromatic heterocycles. The van der Waals surface area contributed by atoms with Gasteiger partial charge in [-0.2, -0.15) is 13.2 Å². The molecule has 9 heteroatoms. The number of hydrogen-bond donors (Lipinski definition) is 3. The standard InChI is InChI=1S/C24H31F3N4O.C2H6.CH4O/c1-30-12-7-19(8-13-30)29-22-5-2-6-23-21(22)16-20(31(23)17-24(25,26)27)4-3-11-28-18-9-14-32-15-10-18;2*1-2/h2,5-6,16,18-19,28-29H,7-15,17H2,1H3;1-2H3;2H,1H3. The van der Waals surface area contributed by atoms with Crippen LogP contribution in [0.1, 0.15) is 45.2 Å². The Morgan fingerprint density at radius 1 is 1.06 bits per heavy atom. The molecule has 0 saturated carbocycles. The highest BCUT2D eigenvalue weighted by molar-refractivity contribution is 5.94. The van der Waals surface area contributed by atoms with Crippen molar-refractivity contribution in [3.05, 3.63) is 30.0 Å². The summed E-state index contributed by atoms with van der Waals surface area (Å²) in [6.45, 7) is 6.89. The van der Waals surface area contributed by atoms with Crippen LogP contribution in [0.4, 0.5) is 18.9 Å². The average molecular weight is 511 g/mol. The van der Waals surface area contributed by atoms with Gasteiger partial charge in [-0.25, -0.2) is 0 Å². The lowest BCUT2D eigenvalue weighted by Gasteiger charge is -2.30. The summed E-state index contributed by atoms with van der Waals surface area (Å²) in [6, 6.07) is 7.97. The second-order valence-corrected chi connectivity index (χ2v) is 8.76. The van der Waals surface area contributed by atoms with Gasteiger partial charge in [0.15, 0.2) is 0 Å². The number of piperidine rings is 1. The van der Waals surface area contributed by atoms with Gasteiger partial charge in [0.05, 0.1) is 17.8 Å². The van der Waals surface area contributed by atoms with E-state index >= 15 is 0 Å². The molecule has 0 bridgehead atoms. The van der Waals surface area contributed by atoms with Crippen molar-refractivity contribution >= 4 is 16.6 Å². The van der Waals surface area contributed by atoms with E-state index < -0.39 is 12.7 Å². The van der Waals surface area contributed by atoms with E-state index in [4.69, 9.17) is 9.84 Å². The van der Waals surface area contributed by atoms with Crippen LogP contribution in [-0.4, -0.2) is 79.8 Å². The number of nitrogens with one attached hydrogen (secondary N) is 2. The van der Waals surface area contributed by atoms with Crippen molar-refractivity contribution in [1.82, 2.24) is 14.8 Å². The van der Waals surface area contributed by atoms with Crippen molar-refractivity contribution < 1.29 is 23.0 Å². The summed E-state index contributed by atoms with van der Waals surface area (Å²) in [7, 11) is 3.11. The van der Waals surface area contributed by atoms with E-state index in [-0.39, 0.29) is 0 Å². The highest BCUT2D eigenvalue weighted by Crippen LogP contribution is 2.31. The number of halogens is 3. The van der Waals surface area contributed by atoms with Crippen LogP contribution < -0.4 is 10.6 Å². The number of alkyl halides is 3. The molecule has 0 amide bonds. The number of aromatic nitrogens is 1. The Bertz CT molecular complexity index is 967. The van der Waals surface area contributed by atoms with Gasteiger partial charge in [-0.15, -0.1) is 0 Å². The van der Waals surface area contributed by atoms with Gasteiger partial charge in [0.25, 0.3) is 0 Å². The number of rotatable bonds is 5. The molecule has 6 nitrogen and oxygen atoms in total. The Morgan fingerprint density at radius 3 is 2.36 bits per heavy atom. The maximum Gasteiger partial charge on any atom is 0.406 e. The Morgan fingerprint density at radius 2 is 1.72 bits per heavy atom. The first-order valence-electron chi connectivity index (χ1n) is 12.8. The maximum absolute atomic E-state index is 13.4. The summed E-state index contributed by atoms with van der Waals surface area (Å²) in [5.74, 6) is 6.01. The molecule has 3 heterocycles. The second-order valence-electron chi connectivity index (χ2n) is 8.76. The molecule has 0 atom stereocenters. The third-order valence-corrected chi connectivity index (χ3v) is 6.28. The second kappa shape index (κ2) is 15.1. The molecule has 2 fully saturated rings. The van der Waals surface area contributed by atoms with Crippen molar-refractivity contribution in [2.45, 2.75) is 64.3 Å². The summed E-state index contributed by atoms with van der Waals surface area (Å²) in [5.41, 5.74) is 1.83. The molecule has 0 spiro atoms. The van der Waals surface area contributed by atoms with E-state index in [1.165, 1.54) is 4.57 Å². The largest absolute Gasteiger partial charge is 0.406 e. The van der Waals surface area contributed by atoms with Gasteiger partial charge < -0.3 is 29.9 Å². The van der Waals surface area contributed by atoms with Crippen molar-refractivity contribution in [1.29, 1.82) is 0 Å². The zero-order valence-electron chi connectivity index (χ0n) is 21.9. The van der Waals surface area contributed by atoms with Gasteiger partial charge >= 0.3 is 6.18 Å². The maximum atomic E-state index is 13.4. The summed E-state index contributed by atoms with van der Waals surface area (Å²) < 4.78 is 46.7. The monoisotopic (exact) mass is 510 g/mol. The van der Waals surface area contributed by atoms with E-state index in [0.29, 0.717) is 29.8 Å². The van der Waals surface area contributed by atoms with Crippen molar-refractivity contribution in [2.24, 2.45) is 0 Å². The molecule has 202 valence electrons. The summed E-state index contributed by atoms with van der Waals surface area (Å²) >= 11 is 0. The highest BCUT2D eigenvalue weighted by Gasteiger charge is 2.30. The topological polar surface area (TPSA) is 61.7 Å². The van der Waals surface area contributed by atoms with E-state index in [9.17, 15) is 13.2 Å². The number of nitrogens with zero attached hydrogens (tertiary/aromatic N) is 2. The highest BCUT2D eigenvalue weighted by atomic mass is 19.4. The Hall–Kier alpha value is -2.25. The number of likely N-dealkylation sites (tertiary alicyclic amines) is 1. The summed E-state index contributed by atoms with van der Waals surface area (Å²) in [5, 5.41) is 14.7. The molecule has 4 rings (SSSR count). The fourth-order valence-corrected chi connectivity index (χ4v) is 4.47. The fourth-order valence-electron chi connectivity index (χ4n) is 4.47. The number of ether oxygens (including phenoxy) is 1. The Balaban J connectivity index is 0.00000109. The smallest absolute Gasteiger partial charge is 0.400 e. The van der Waals surface area contributed by atoms with Crippen LogP contribution in [-0.2, 0) is 11.3 Å². The van der Waals surface area contributed by atoms with Crippen LogP contribution in [0.25, 0.3) is 10.9 Å². The minimum Gasteiger partial charge on any atom is -0.400 e. The Labute approximate surface area is 213 Å². The third-order valence-electron chi connectivity index (χ3n) is 6.28. The van der Waals surface area contributed by atoms with E-state index in [1.54, 1.807) is 12.1 Å². The predicted molar refractivity (Wildman–Crippen MR) is 140 cm³/mol. The van der Waals surface area contributed by atoms with Gasteiger partial charge in [-0.1, -0.05) is 25.8 Å². The van der Waals surface area contributed by atoms with Crippen LogP contribution in [0.15, 0.2) is 24.3 Å². The van der Waals surface area contributed by atoms with Gasteiger partial charge in [0.1, 0.15) is 6.54 Å². The quantitative estimate of drug-likeness (QED) is 0.519.